The molecular formula is C19H20N2S2. The standard InChI is InChI=1S/C19H20N2S2/c1-13-7-8-15-16(11-13)23-19-17(15)18(20-12-21-19)22-10-9-14-5-3-2-4-6-14/h2-6,12-13H,7-11H2,1H3. The highest BCUT2D eigenvalue weighted by atomic mass is 32.2. The molecule has 0 saturated heterocycles. The molecule has 2 nitrogen and oxygen atoms in total. The van der Waals surface area contributed by atoms with Crippen LogP contribution in [0.5, 0.6) is 0 Å². The van der Waals surface area contributed by atoms with Crippen LogP contribution in [0.4, 0.5) is 0 Å². The third-order valence-corrected chi connectivity index (χ3v) is 6.68. The van der Waals surface area contributed by atoms with Gasteiger partial charge in [-0.3, -0.25) is 0 Å². The molecule has 2 aromatic heterocycles. The third-order valence-electron chi connectivity index (χ3n) is 4.53. The van der Waals surface area contributed by atoms with Gasteiger partial charge in [0.15, 0.2) is 0 Å². The SMILES string of the molecule is CC1CCc2c(sc3ncnc(SCCc4ccccc4)c23)C1. The average molecular weight is 341 g/mol. The zero-order valence-corrected chi connectivity index (χ0v) is 14.9. The van der Waals surface area contributed by atoms with Crippen LogP contribution in [0.2, 0.25) is 0 Å². The highest BCUT2D eigenvalue weighted by Crippen LogP contribution is 2.40. The molecule has 0 N–H and O–H groups in total. The van der Waals surface area contributed by atoms with Gasteiger partial charge in [0.05, 0.1) is 0 Å². The van der Waals surface area contributed by atoms with Crippen molar-refractivity contribution in [3.8, 4) is 0 Å². The van der Waals surface area contributed by atoms with Crippen molar-refractivity contribution < 1.29 is 0 Å². The summed E-state index contributed by atoms with van der Waals surface area (Å²) in [4.78, 5) is 11.9. The van der Waals surface area contributed by atoms with Crippen LogP contribution in [0.3, 0.4) is 0 Å². The van der Waals surface area contributed by atoms with E-state index < -0.39 is 0 Å². The smallest absolute Gasteiger partial charge is 0.128 e. The number of aromatic nitrogens is 2. The maximum atomic E-state index is 4.60. The van der Waals surface area contributed by atoms with Crippen LogP contribution in [0, 0.1) is 5.92 Å². The number of thioether (sulfide) groups is 1. The van der Waals surface area contributed by atoms with Crippen LogP contribution in [0.15, 0.2) is 41.7 Å². The Hall–Kier alpha value is -1.39. The summed E-state index contributed by atoms with van der Waals surface area (Å²) in [5.74, 6) is 1.87. The lowest BCUT2D eigenvalue weighted by atomic mass is 9.89. The van der Waals surface area contributed by atoms with Crippen molar-refractivity contribution in [2.45, 2.75) is 37.6 Å². The van der Waals surface area contributed by atoms with E-state index in [1.165, 1.54) is 45.6 Å². The van der Waals surface area contributed by atoms with Gasteiger partial charge in [-0.1, -0.05) is 37.3 Å². The summed E-state index contributed by atoms with van der Waals surface area (Å²) in [6.07, 6.45) is 6.52. The van der Waals surface area contributed by atoms with Gasteiger partial charge in [-0.15, -0.1) is 23.1 Å². The Balaban J connectivity index is 1.57. The second kappa shape index (κ2) is 6.62. The molecule has 4 heteroatoms. The fourth-order valence-corrected chi connectivity index (χ4v) is 5.70. The Morgan fingerprint density at radius 1 is 1.22 bits per heavy atom. The molecule has 1 aliphatic rings. The van der Waals surface area contributed by atoms with E-state index in [9.17, 15) is 0 Å². The molecule has 0 amide bonds. The Bertz CT molecular complexity index is 811. The van der Waals surface area contributed by atoms with Crippen molar-refractivity contribution in [1.29, 1.82) is 0 Å². The van der Waals surface area contributed by atoms with E-state index in [0.717, 1.165) is 18.1 Å². The van der Waals surface area contributed by atoms with Gasteiger partial charge in [0.1, 0.15) is 16.2 Å². The van der Waals surface area contributed by atoms with Gasteiger partial charge < -0.3 is 0 Å². The van der Waals surface area contributed by atoms with E-state index in [-0.39, 0.29) is 0 Å². The molecule has 23 heavy (non-hydrogen) atoms. The maximum absolute atomic E-state index is 4.60. The maximum Gasteiger partial charge on any atom is 0.128 e. The predicted molar refractivity (Wildman–Crippen MR) is 99.5 cm³/mol. The van der Waals surface area contributed by atoms with E-state index in [1.54, 1.807) is 11.2 Å². The molecule has 3 aromatic rings. The van der Waals surface area contributed by atoms with Crippen LogP contribution < -0.4 is 0 Å². The number of nitrogens with zero attached hydrogens (tertiary/aromatic N) is 2. The van der Waals surface area contributed by atoms with E-state index in [2.05, 4.69) is 47.2 Å². The summed E-state index contributed by atoms with van der Waals surface area (Å²) in [5.41, 5.74) is 2.93. The number of rotatable bonds is 4. The minimum Gasteiger partial charge on any atom is -0.229 e. The first-order valence-corrected chi connectivity index (χ1v) is 10.0. The van der Waals surface area contributed by atoms with Crippen molar-refractivity contribution in [2.24, 2.45) is 5.92 Å². The molecule has 1 atom stereocenters. The van der Waals surface area contributed by atoms with Crippen molar-refractivity contribution in [1.82, 2.24) is 9.97 Å². The molecule has 4 rings (SSSR count). The van der Waals surface area contributed by atoms with Crippen molar-refractivity contribution >= 4 is 33.3 Å². The highest BCUT2D eigenvalue weighted by molar-refractivity contribution is 7.99. The third kappa shape index (κ3) is 3.15. The number of thiophene rings is 1. The van der Waals surface area contributed by atoms with Gasteiger partial charge >= 0.3 is 0 Å². The Kier molecular flexibility index (Phi) is 4.36. The molecular weight excluding hydrogens is 320 g/mol. The highest BCUT2D eigenvalue weighted by Gasteiger charge is 2.22. The van der Waals surface area contributed by atoms with Crippen LogP contribution >= 0.6 is 23.1 Å². The van der Waals surface area contributed by atoms with Gasteiger partial charge in [0.25, 0.3) is 0 Å². The largest absolute Gasteiger partial charge is 0.229 e. The monoisotopic (exact) mass is 340 g/mol. The van der Waals surface area contributed by atoms with Crippen LogP contribution in [0.1, 0.15) is 29.3 Å². The summed E-state index contributed by atoms with van der Waals surface area (Å²) < 4.78 is 0. The molecule has 2 heterocycles. The fourth-order valence-electron chi connectivity index (χ4n) is 3.27. The summed E-state index contributed by atoms with van der Waals surface area (Å²) in [6.45, 7) is 2.36. The molecule has 0 spiro atoms. The van der Waals surface area contributed by atoms with Gasteiger partial charge in [-0.2, -0.15) is 0 Å². The lowest BCUT2D eigenvalue weighted by molar-refractivity contribution is 0.509. The number of fused-ring (bicyclic) bond motifs is 3. The second-order valence-electron chi connectivity index (χ2n) is 6.29. The molecule has 0 radical (unpaired) electrons. The van der Waals surface area contributed by atoms with Crippen LogP contribution in [-0.2, 0) is 19.3 Å². The molecule has 118 valence electrons. The van der Waals surface area contributed by atoms with Crippen molar-refractivity contribution in [3.05, 3.63) is 52.7 Å². The topological polar surface area (TPSA) is 25.8 Å². The lowest BCUT2D eigenvalue weighted by Gasteiger charge is -2.18. The van der Waals surface area contributed by atoms with E-state index in [1.807, 2.05) is 23.1 Å². The first-order valence-electron chi connectivity index (χ1n) is 8.23. The van der Waals surface area contributed by atoms with Crippen molar-refractivity contribution in [2.75, 3.05) is 5.75 Å². The first-order chi connectivity index (χ1) is 11.3. The summed E-state index contributed by atoms with van der Waals surface area (Å²) in [5, 5.41) is 2.52. The van der Waals surface area contributed by atoms with Crippen molar-refractivity contribution in [3.63, 3.8) is 0 Å². The van der Waals surface area contributed by atoms with Crippen LogP contribution in [0.25, 0.3) is 10.2 Å². The number of hydrogen-bond acceptors (Lipinski definition) is 4. The summed E-state index contributed by atoms with van der Waals surface area (Å²) in [6, 6.07) is 10.7. The van der Waals surface area contributed by atoms with E-state index in [0.29, 0.717) is 0 Å². The zero-order chi connectivity index (χ0) is 15.6. The number of benzene rings is 1. The molecule has 1 aromatic carbocycles. The lowest BCUT2D eigenvalue weighted by Crippen LogP contribution is -2.08. The average Bonchev–Trinajstić information content (AvgIpc) is 2.94. The fraction of sp³-hybridized carbons (Fsp3) is 0.368. The van der Waals surface area contributed by atoms with Gasteiger partial charge in [-0.05, 0) is 42.7 Å². The van der Waals surface area contributed by atoms with Crippen LogP contribution in [-0.4, -0.2) is 15.7 Å². The van der Waals surface area contributed by atoms with E-state index >= 15 is 0 Å². The van der Waals surface area contributed by atoms with Gasteiger partial charge in [0.2, 0.25) is 0 Å². The predicted octanol–water partition coefficient (Wildman–Crippen LogP) is 5.15. The Labute approximate surface area is 145 Å². The molecule has 0 fully saturated rings. The molecule has 0 bridgehead atoms. The minimum atomic E-state index is 0.803. The summed E-state index contributed by atoms with van der Waals surface area (Å²) >= 11 is 3.76. The quantitative estimate of drug-likeness (QED) is 0.485. The molecule has 0 aliphatic heterocycles. The Morgan fingerprint density at radius 3 is 2.96 bits per heavy atom. The number of hydrogen-bond donors (Lipinski definition) is 0. The molecule has 0 saturated carbocycles. The molecule has 1 aliphatic carbocycles. The second-order valence-corrected chi connectivity index (χ2v) is 8.46. The summed E-state index contributed by atoms with van der Waals surface area (Å²) in [7, 11) is 0. The first kappa shape index (κ1) is 15.2. The Morgan fingerprint density at radius 2 is 2.09 bits per heavy atom. The minimum absolute atomic E-state index is 0.803. The van der Waals surface area contributed by atoms with Gasteiger partial charge in [0, 0.05) is 16.0 Å². The number of aryl methyl sites for hydroxylation is 2. The zero-order valence-electron chi connectivity index (χ0n) is 13.3. The van der Waals surface area contributed by atoms with Gasteiger partial charge in [-0.25, -0.2) is 9.97 Å². The normalized spacial score (nSPS) is 17.3. The molecule has 1 unspecified atom stereocenters. The van der Waals surface area contributed by atoms with E-state index in [4.69, 9.17) is 0 Å².